The first-order valence-corrected chi connectivity index (χ1v) is 10.9. The number of carbonyl (C=O) groups is 1. The van der Waals surface area contributed by atoms with Gasteiger partial charge in [-0.2, -0.15) is 0 Å². The van der Waals surface area contributed by atoms with Gasteiger partial charge < -0.3 is 9.32 Å². The summed E-state index contributed by atoms with van der Waals surface area (Å²) < 4.78 is 6.87. The van der Waals surface area contributed by atoms with E-state index >= 15 is 0 Å². The lowest BCUT2D eigenvalue weighted by Crippen LogP contribution is -2.48. The van der Waals surface area contributed by atoms with Gasteiger partial charge in [0.1, 0.15) is 5.76 Å². The third-order valence-electron chi connectivity index (χ3n) is 4.40. The molecule has 4 heterocycles. The Morgan fingerprint density at radius 2 is 2.08 bits per heavy atom. The standard InChI is InChI=1S/C18H18BrN3O2S2/c1-12-16(20-17(24-12)14-3-2-10-25-14)18(23)22-8-6-21(7-9-22)11-13-4-5-15(19)26-13/h2-5,10H,6-9,11H2,1H3. The molecule has 5 nitrogen and oxygen atoms in total. The molecule has 0 atom stereocenters. The van der Waals surface area contributed by atoms with Crippen LogP contribution in [0.3, 0.4) is 0 Å². The van der Waals surface area contributed by atoms with Crippen molar-refractivity contribution in [2.75, 3.05) is 26.2 Å². The summed E-state index contributed by atoms with van der Waals surface area (Å²) in [6.07, 6.45) is 0. The van der Waals surface area contributed by atoms with E-state index in [1.54, 1.807) is 22.7 Å². The van der Waals surface area contributed by atoms with Crippen LogP contribution in [-0.4, -0.2) is 46.9 Å². The molecular weight excluding hydrogens is 434 g/mol. The molecule has 0 saturated carbocycles. The molecule has 1 amide bonds. The van der Waals surface area contributed by atoms with Crippen LogP contribution in [0.5, 0.6) is 0 Å². The van der Waals surface area contributed by atoms with Gasteiger partial charge in [-0.25, -0.2) is 4.98 Å². The molecule has 26 heavy (non-hydrogen) atoms. The number of halogens is 1. The van der Waals surface area contributed by atoms with Crippen molar-refractivity contribution in [1.82, 2.24) is 14.8 Å². The SMILES string of the molecule is Cc1oc(-c2cccs2)nc1C(=O)N1CCN(Cc2ccc(Br)s2)CC1. The van der Waals surface area contributed by atoms with Crippen LogP contribution in [0.25, 0.3) is 10.8 Å². The number of oxazole rings is 1. The first-order chi connectivity index (χ1) is 12.6. The van der Waals surface area contributed by atoms with E-state index in [0.717, 1.165) is 28.3 Å². The molecule has 0 aromatic carbocycles. The number of hydrogen-bond acceptors (Lipinski definition) is 6. The highest BCUT2D eigenvalue weighted by Gasteiger charge is 2.27. The molecule has 3 aromatic heterocycles. The second kappa shape index (κ2) is 7.64. The molecule has 1 aliphatic heterocycles. The first-order valence-electron chi connectivity index (χ1n) is 8.37. The number of piperazine rings is 1. The van der Waals surface area contributed by atoms with Crippen LogP contribution < -0.4 is 0 Å². The van der Waals surface area contributed by atoms with Crippen LogP contribution in [0.2, 0.25) is 0 Å². The van der Waals surface area contributed by atoms with Crippen LogP contribution in [0, 0.1) is 6.92 Å². The second-order valence-electron chi connectivity index (χ2n) is 6.18. The number of amides is 1. The van der Waals surface area contributed by atoms with Crippen molar-refractivity contribution in [3.05, 3.63) is 49.8 Å². The zero-order chi connectivity index (χ0) is 18.1. The predicted octanol–water partition coefficient (Wildman–Crippen LogP) is 4.49. The molecule has 0 bridgehead atoms. The summed E-state index contributed by atoms with van der Waals surface area (Å²) in [6, 6.07) is 8.13. The van der Waals surface area contributed by atoms with E-state index in [9.17, 15) is 4.79 Å². The van der Waals surface area contributed by atoms with Crippen LogP contribution in [0.15, 0.2) is 37.8 Å². The van der Waals surface area contributed by atoms with Crippen LogP contribution in [0.1, 0.15) is 21.1 Å². The third-order valence-corrected chi connectivity index (χ3v) is 6.87. The fourth-order valence-electron chi connectivity index (χ4n) is 3.02. The fraction of sp³-hybridized carbons (Fsp3) is 0.333. The zero-order valence-corrected chi connectivity index (χ0v) is 17.5. The van der Waals surface area contributed by atoms with Gasteiger partial charge in [0.2, 0.25) is 5.89 Å². The topological polar surface area (TPSA) is 49.6 Å². The Labute approximate surface area is 168 Å². The van der Waals surface area contributed by atoms with Crippen molar-refractivity contribution in [2.24, 2.45) is 0 Å². The quantitative estimate of drug-likeness (QED) is 0.585. The number of carbonyl (C=O) groups excluding carboxylic acids is 1. The van der Waals surface area contributed by atoms with E-state index in [2.05, 4.69) is 37.9 Å². The van der Waals surface area contributed by atoms with Gasteiger partial charge >= 0.3 is 0 Å². The van der Waals surface area contributed by atoms with Gasteiger partial charge in [0, 0.05) is 37.6 Å². The summed E-state index contributed by atoms with van der Waals surface area (Å²) in [4.78, 5) is 23.9. The van der Waals surface area contributed by atoms with Gasteiger partial charge in [0.15, 0.2) is 5.69 Å². The Morgan fingerprint density at radius 3 is 2.73 bits per heavy atom. The maximum Gasteiger partial charge on any atom is 0.276 e. The van der Waals surface area contributed by atoms with E-state index in [1.165, 1.54) is 4.88 Å². The number of hydrogen-bond donors (Lipinski definition) is 0. The van der Waals surface area contributed by atoms with Crippen molar-refractivity contribution < 1.29 is 9.21 Å². The summed E-state index contributed by atoms with van der Waals surface area (Å²) in [5.74, 6) is 1.08. The van der Waals surface area contributed by atoms with Crippen molar-refractivity contribution in [3.63, 3.8) is 0 Å². The number of rotatable bonds is 4. The minimum Gasteiger partial charge on any atom is -0.440 e. The van der Waals surface area contributed by atoms with Crippen LogP contribution >= 0.6 is 38.6 Å². The van der Waals surface area contributed by atoms with Gasteiger partial charge in [-0.1, -0.05) is 6.07 Å². The average molecular weight is 452 g/mol. The molecule has 8 heteroatoms. The van der Waals surface area contributed by atoms with Crippen molar-refractivity contribution in [2.45, 2.75) is 13.5 Å². The van der Waals surface area contributed by atoms with Crippen molar-refractivity contribution in [1.29, 1.82) is 0 Å². The molecule has 0 aliphatic carbocycles. The minimum absolute atomic E-state index is 0.0347. The van der Waals surface area contributed by atoms with Gasteiger partial charge in [0.25, 0.3) is 5.91 Å². The summed E-state index contributed by atoms with van der Waals surface area (Å²) in [5.41, 5.74) is 0.434. The van der Waals surface area contributed by atoms with E-state index < -0.39 is 0 Å². The lowest BCUT2D eigenvalue weighted by molar-refractivity contribution is 0.0623. The third kappa shape index (κ3) is 3.78. The molecule has 136 valence electrons. The Bertz CT molecular complexity index is 896. The second-order valence-corrected chi connectivity index (χ2v) is 9.67. The Kier molecular flexibility index (Phi) is 5.26. The summed E-state index contributed by atoms with van der Waals surface area (Å²) in [5, 5.41) is 1.97. The van der Waals surface area contributed by atoms with Crippen LogP contribution in [0.4, 0.5) is 0 Å². The fourth-order valence-corrected chi connectivity index (χ4v) is 5.19. The maximum atomic E-state index is 12.9. The van der Waals surface area contributed by atoms with E-state index in [0.29, 0.717) is 30.4 Å². The van der Waals surface area contributed by atoms with E-state index in [-0.39, 0.29) is 5.91 Å². The Morgan fingerprint density at radius 1 is 1.27 bits per heavy atom. The van der Waals surface area contributed by atoms with Crippen molar-refractivity contribution >= 4 is 44.5 Å². The smallest absolute Gasteiger partial charge is 0.276 e. The highest BCUT2D eigenvalue weighted by molar-refractivity contribution is 9.11. The van der Waals surface area contributed by atoms with Gasteiger partial charge in [-0.05, 0) is 46.4 Å². The van der Waals surface area contributed by atoms with Gasteiger partial charge in [-0.3, -0.25) is 9.69 Å². The zero-order valence-electron chi connectivity index (χ0n) is 14.3. The number of nitrogens with zero attached hydrogens (tertiary/aromatic N) is 3. The largest absolute Gasteiger partial charge is 0.440 e. The maximum absolute atomic E-state index is 12.9. The average Bonchev–Trinajstić information content (AvgIpc) is 3.36. The Balaban J connectivity index is 1.39. The minimum atomic E-state index is -0.0347. The number of aryl methyl sites for hydroxylation is 1. The summed E-state index contributed by atoms with van der Waals surface area (Å²) in [7, 11) is 0. The molecule has 0 radical (unpaired) electrons. The monoisotopic (exact) mass is 451 g/mol. The van der Waals surface area contributed by atoms with E-state index in [4.69, 9.17) is 4.42 Å². The van der Waals surface area contributed by atoms with Gasteiger partial charge in [0.05, 0.1) is 8.66 Å². The van der Waals surface area contributed by atoms with Crippen LogP contribution in [-0.2, 0) is 6.54 Å². The molecule has 1 fully saturated rings. The lowest BCUT2D eigenvalue weighted by atomic mass is 10.2. The molecular formula is C18H18BrN3O2S2. The molecule has 3 aromatic rings. The highest BCUT2D eigenvalue weighted by atomic mass is 79.9. The lowest BCUT2D eigenvalue weighted by Gasteiger charge is -2.34. The predicted molar refractivity (Wildman–Crippen MR) is 108 cm³/mol. The Hall–Kier alpha value is -1.48. The molecule has 0 unspecified atom stereocenters. The first kappa shape index (κ1) is 17.9. The molecule has 4 rings (SSSR count). The molecule has 1 aliphatic rings. The van der Waals surface area contributed by atoms with E-state index in [1.807, 2.05) is 29.3 Å². The van der Waals surface area contributed by atoms with Crippen molar-refractivity contribution in [3.8, 4) is 10.8 Å². The molecule has 0 N–H and O–H groups in total. The molecule has 1 saturated heterocycles. The highest BCUT2D eigenvalue weighted by Crippen LogP contribution is 2.27. The normalized spacial score (nSPS) is 15.5. The molecule has 0 spiro atoms. The summed E-state index contributed by atoms with van der Waals surface area (Å²) in [6.45, 7) is 5.91. The number of thiophene rings is 2. The number of aromatic nitrogens is 1. The van der Waals surface area contributed by atoms with Gasteiger partial charge in [-0.15, -0.1) is 22.7 Å². The summed E-state index contributed by atoms with van der Waals surface area (Å²) >= 11 is 6.83.